The number of benzene rings is 1. The van der Waals surface area contributed by atoms with Crippen molar-refractivity contribution in [1.29, 1.82) is 0 Å². The molecule has 8 aliphatic rings. The second kappa shape index (κ2) is 11.9. The number of rotatable bonds is 12. The van der Waals surface area contributed by atoms with Gasteiger partial charge in [0.05, 0.1) is 25.4 Å². The van der Waals surface area contributed by atoms with Gasteiger partial charge in [0.25, 0.3) is 0 Å². The molecule has 4 saturated heterocycles. The zero-order valence-electron chi connectivity index (χ0n) is 27.1. The van der Waals surface area contributed by atoms with Crippen LogP contribution in [0, 0.1) is 23.2 Å². The summed E-state index contributed by atoms with van der Waals surface area (Å²) in [5, 5.41) is 16.3. The molecule has 9 rings (SSSR count). The first-order valence-electron chi connectivity index (χ1n) is 18.0. The van der Waals surface area contributed by atoms with E-state index in [9.17, 15) is 14.4 Å². The highest BCUT2D eigenvalue weighted by atomic mass is 16.8. The van der Waals surface area contributed by atoms with Crippen LogP contribution in [-0.4, -0.2) is 96.1 Å². The van der Waals surface area contributed by atoms with Crippen LogP contribution in [0.15, 0.2) is 30.3 Å². The fourth-order valence-corrected chi connectivity index (χ4v) is 9.26. The standard InChI is InChI=1S/C36H45N3O9/c40-16-15-37-28(41)13-14-38-34(43)35-18-27-29-30(47-36(46-29,23-8-9-23)24-10-11-24)32(35)48-39(31(35)33(42)45-27)19-22-4-2-1-3-21(22)7-5-20-6-12-25-26(17-20)44-25/h1-5,7,20,23-27,29-32,40H,6,8-19H2,(H,37,41)(H,38,43). The van der Waals surface area contributed by atoms with Gasteiger partial charge in [-0.05, 0) is 62.0 Å². The number of carbonyl (C=O) groups is 3. The number of esters is 1. The molecule has 4 heterocycles. The topological polar surface area (TPSA) is 148 Å². The SMILES string of the molecule is O=C(CCNC(=O)C12CC3OC(=O)C1N(Cc1ccccc1C=CC1CCC4OC4C1)OC2C1OC(C2CC2)(C2CC2)OC31)NCCO. The summed E-state index contributed by atoms with van der Waals surface area (Å²) >= 11 is 0. The number of carbonyl (C=O) groups excluding carboxylic acids is 3. The summed E-state index contributed by atoms with van der Waals surface area (Å²) in [4.78, 5) is 47.5. The normalized spacial score (nSPS) is 39.1. The average molecular weight is 664 g/mol. The number of aliphatic hydroxyl groups excluding tert-OH is 1. The highest BCUT2D eigenvalue weighted by molar-refractivity contribution is 5.94. The summed E-state index contributed by atoms with van der Waals surface area (Å²) in [5.41, 5.74) is 0.715. The molecule has 4 saturated carbocycles. The molecule has 2 bridgehead atoms. The number of aliphatic hydroxyl groups is 1. The quantitative estimate of drug-likeness (QED) is 0.224. The number of hydrogen-bond acceptors (Lipinski definition) is 10. The van der Waals surface area contributed by atoms with Crippen LogP contribution < -0.4 is 10.6 Å². The molecule has 0 aromatic heterocycles. The van der Waals surface area contributed by atoms with Gasteiger partial charge in [0.2, 0.25) is 11.8 Å². The summed E-state index contributed by atoms with van der Waals surface area (Å²) in [7, 11) is 0. The highest BCUT2D eigenvalue weighted by Crippen LogP contribution is 2.63. The Morgan fingerprint density at radius 2 is 1.75 bits per heavy atom. The Morgan fingerprint density at radius 1 is 0.958 bits per heavy atom. The van der Waals surface area contributed by atoms with Gasteiger partial charge in [0.1, 0.15) is 29.8 Å². The van der Waals surface area contributed by atoms with Crippen molar-refractivity contribution in [3.8, 4) is 0 Å². The third kappa shape index (κ3) is 5.22. The van der Waals surface area contributed by atoms with Crippen LogP contribution in [0.5, 0.6) is 0 Å². The Labute approximate surface area is 279 Å². The van der Waals surface area contributed by atoms with Gasteiger partial charge in [-0.1, -0.05) is 36.4 Å². The number of amides is 2. The van der Waals surface area contributed by atoms with Crippen LogP contribution in [0.25, 0.3) is 6.08 Å². The highest BCUT2D eigenvalue weighted by Gasteiger charge is 2.78. The minimum Gasteiger partial charge on any atom is -0.458 e. The average Bonchev–Trinajstić information content (AvgIpc) is 3.98. The van der Waals surface area contributed by atoms with Crippen molar-refractivity contribution in [2.24, 2.45) is 23.2 Å². The second-order valence-electron chi connectivity index (χ2n) is 15.1. The van der Waals surface area contributed by atoms with Gasteiger partial charge in [-0.2, -0.15) is 5.06 Å². The molecule has 8 fully saturated rings. The first-order chi connectivity index (χ1) is 23.4. The maximum Gasteiger partial charge on any atom is 0.327 e. The van der Waals surface area contributed by atoms with Gasteiger partial charge < -0.3 is 34.7 Å². The minimum absolute atomic E-state index is 0.0436. The van der Waals surface area contributed by atoms with E-state index >= 15 is 0 Å². The van der Waals surface area contributed by atoms with E-state index in [0.29, 0.717) is 30.0 Å². The molecule has 12 nitrogen and oxygen atoms in total. The predicted molar refractivity (Wildman–Crippen MR) is 168 cm³/mol. The molecule has 1 aromatic rings. The van der Waals surface area contributed by atoms with E-state index < -0.39 is 47.6 Å². The van der Waals surface area contributed by atoms with Gasteiger partial charge in [0, 0.05) is 37.8 Å². The zero-order chi connectivity index (χ0) is 32.6. The Kier molecular flexibility index (Phi) is 7.71. The number of ether oxygens (including phenoxy) is 4. The van der Waals surface area contributed by atoms with Gasteiger partial charge in [-0.3, -0.25) is 19.2 Å². The molecule has 258 valence electrons. The number of nitrogens with one attached hydrogen (secondary N) is 2. The molecule has 9 unspecified atom stereocenters. The van der Waals surface area contributed by atoms with E-state index in [4.69, 9.17) is 28.9 Å². The molecule has 9 atom stereocenters. The maximum atomic E-state index is 14.4. The lowest BCUT2D eigenvalue weighted by Gasteiger charge is -2.48. The number of nitrogens with zero attached hydrogens (tertiary/aromatic N) is 1. The lowest BCUT2D eigenvalue weighted by molar-refractivity contribution is -0.235. The summed E-state index contributed by atoms with van der Waals surface area (Å²) in [6.45, 7) is 0.337. The fourth-order valence-electron chi connectivity index (χ4n) is 9.26. The lowest BCUT2D eigenvalue weighted by atomic mass is 9.62. The number of allylic oxidation sites excluding steroid dienone is 1. The third-order valence-corrected chi connectivity index (χ3v) is 12.0. The first-order valence-corrected chi connectivity index (χ1v) is 18.0. The van der Waals surface area contributed by atoms with Gasteiger partial charge in [-0.25, -0.2) is 0 Å². The molecule has 48 heavy (non-hydrogen) atoms. The molecule has 4 aliphatic carbocycles. The fraction of sp³-hybridized carbons (Fsp3) is 0.694. The van der Waals surface area contributed by atoms with Crippen molar-refractivity contribution in [1.82, 2.24) is 15.7 Å². The van der Waals surface area contributed by atoms with E-state index in [1.54, 1.807) is 5.06 Å². The monoisotopic (exact) mass is 663 g/mol. The second-order valence-corrected chi connectivity index (χ2v) is 15.1. The number of fused-ring (bicyclic) bond motifs is 5. The van der Waals surface area contributed by atoms with Gasteiger partial charge in [-0.15, -0.1) is 0 Å². The van der Waals surface area contributed by atoms with Crippen LogP contribution in [0.4, 0.5) is 0 Å². The molecule has 12 heteroatoms. The van der Waals surface area contributed by atoms with Crippen LogP contribution in [0.1, 0.15) is 68.9 Å². The lowest BCUT2D eigenvalue weighted by Crippen LogP contribution is -2.69. The van der Waals surface area contributed by atoms with E-state index in [-0.39, 0.29) is 50.9 Å². The maximum absolute atomic E-state index is 14.4. The Hall–Kier alpha value is -2.87. The van der Waals surface area contributed by atoms with Crippen molar-refractivity contribution in [3.63, 3.8) is 0 Å². The van der Waals surface area contributed by atoms with Crippen molar-refractivity contribution >= 4 is 23.9 Å². The molecular weight excluding hydrogens is 618 g/mol. The molecule has 2 amide bonds. The van der Waals surface area contributed by atoms with Crippen molar-refractivity contribution in [2.75, 3.05) is 19.7 Å². The molecule has 4 aliphatic heterocycles. The molecule has 3 N–H and O–H groups in total. The van der Waals surface area contributed by atoms with E-state index in [1.807, 2.05) is 18.2 Å². The van der Waals surface area contributed by atoms with Crippen LogP contribution in [-0.2, 0) is 44.7 Å². The van der Waals surface area contributed by atoms with Crippen LogP contribution in [0.2, 0.25) is 0 Å². The minimum atomic E-state index is -1.29. The summed E-state index contributed by atoms with van der Waals surface area (Å²) in [6.07, 6.45) is 10.4. The molecule has 0 spiro atoms. The van der Waals surface area contributed by atoms with Gasteiger partial charge in [0.15, 0.2) is 11.8 Å². The first kappa shape index (κ1) is 31.1. The van der Waals surface area contributed by atoms with E-state index in [1.165, 1.54) is 0 Å². The Bertz CT molecular complexity index is 1480. The largest absolute Gasteiger partial charge is 0.458 e. The van der Waals surface area contributed by atoms with E-state index in [2.05, 4.69) is 28.9 Å². The van der Waals surface area contributed by atoms with Gasteiger partial charge >= 0.3 is 5.97 Å². The van der Waals surface area contributed by atoms with Crippen LogP contribution >= 0.6 is 0 Å². The predicted octanol–water partition coefficient (Wildman–Crippen LogP) is 1.98. The molecule has 1 aromatic carbocycles. The van der Waals surface area contributed by atoms with Crippen LogP contribution in [0.3, 0.4) is 0 Å². The Morgan fingerprint density at radius 3 is 2.52 bits per heavy atom. The summed E-state index contributed by atoms with van der Waals surface area (Å²) in [5.74, 6) is -0.804. The van der Waals surface area contributed by atoms with Crippen molar-refractivity contribution in [2.45, 2.75) is 113 Å². The molecular formula is C36H45N3O9. The number of hydrogen-bond donors (Lipinski definition) is 3. The Balaban J connectivity index is 1.01. The van der Waals surface area contributed by atoms with Crippen molar-refractivity contribution < 1.29 is 43.3 Å². The number of hydroxylamine groups is 2. The zero-order valence-corrected chi connectivity index (χ0v) is 27.1. The number of epoxide rings is 1. The van der Waals surface area contributed by atoms with E-state index in [0.717, 1.165) is 56.1 Å². The summed E-state index contributed by atoms with van der Waals surface area (Å²) < 4.78 is 25.6. The molecule has 0 radical (unpaired) electrons. The smallest absolute Gasteiger partial charge is 0.327 e. The van der Waals surface area contributed by atoms with Crippen molar-refractivity contribution in [3.05, 3.63) is 41.5 Å². The summed E-state index contributed by atoms with van der Waals surface area (Å²) in [6, 6.07) is 7.08. The third-order valence-electron chi connectivity index (χ3n) is 12.0.